The molecule has 0 spiro atoms. The van der Waals surface area contributed by atoms with Crippen LogP contribution < -0.4 is 16.0 Å². The molecule has 0 aliphatic rings. The molecule has 10 heteroatoms. The summed E-state index contributed by atoms with van der Waals surface area (Å²) in [7, 11) is 0. The van der Waals surface area contributed by atoms with Crippen LogP contribution in [-0.2, 0) is 0 Å². The Morgan fingerprint density at radius 3 is 2.71 bits per heavy atom. The van der Waals surface area contributed by atoms with E-state index < -0.39 is 23.5 Å². The number of aliphatic hydroxyl groups is 1. The van der Waals surface area contributed by atoms with E-state index >= 15 is 0 Å². The molecule has 3 aromatic heterocycles. The van der Waals surface area contributed by atoms with Crippen molar-refractivity contribution in [2.45, 2.75) is 45.5 Å². The number of hydrogen-bond acceptors (Lipinski definition) is 6. The van der Waals surface area contributed by atoms with Gasteiger partial charge in [-0.05, 0) is 39.8 Å². The highest BCUT2D eigenvalue weighted by Crippen LogP contribution is 2.24. The first kappa shape index (κ1) is 22.4. The van der Waals surface area contributed by atoms with Crippen LogP contribution in [-0.4, -0.2) is 50.0 Å². The number of rotatable bonds is 8. The third-order valence-electron chi connectivity index (χ3n) is 4.55. The maximum Gasteiger partial charge on any atom is 0.255 e. The zero-order chi connectivity index (χ0) is 22.8. The van der Waals surface area contributed by atoms with Crippen LogP contribution in [0.25, 0.3) is 5.52 Å². The summed E-state index contributed by atoms with van der Waals surface area (Å²) in [6.45, 7) is 6.17. The van der Waals surface area contributed by atoms with Gasteiger partial charge in [-0.1, -0.05) is 0 Å². The Morgan fingerprint density at radius 2 is 2.03 bits per heavy atom. The van der Waals surface area contributed by atoms with Gasteiger partial charge >= 0.3 is 0 Å². The lowest BCUT2D eigenvalue weighted by Crippen LogP contribution is -2.42. The molecule has 0 fully saturated rings. The van der Waals surface area contributed by atoms with E-state index in [9.17, 15) is 18.7 Å². The summed E-state index contributed by atoms with van der Waals surface area (Å²) in [5.41, 5.74) is 0.0837. The van der Waals surface area contributed by atoms with Gasteiger partial charge in [-0.25, -0.2) is 18.3 Å². The molecule has 31 heavy (non-hydrogen) atoms. The molecule has 3 aromatic rings. The lowest BCUT2D eigenvalue weighted by atomic mass is 10.0. The average Bonchev–Trinajstić information content (AvgIpc) is 3.05. The first-order valence-electron chi connectivity index (χ1n) is 9.85. The third kappa shape index (κ3) is 5.46. The molecule has 0 unspecified atom stereocenters. The monoisotopic (exact) mass is 432 g/mol. The summed E-state index contributed by atoms with van der Waals surface area (Å²) < 4.78 is 29.2. The number of nitrogens with zero attached hydrogens (tertiary/aromatic N) is 3. The molecular weight excluding hydrogens is 406 g/mol. The molecular formula is C21H26F2N6O2. The van der Waals surface area contributed by atoms with Crippen molar-refractivity contribution in [3.05, 3.63) is 48.2 Å². The summed E-state index contributed by atoms with van der Waals surface area (Å²) in [6, 6.07) is 4.98. The van der Waals surface area contributed by atoms with Gasteiger partial charge in [-0.2, -0.15) is 5.10 Å². The van der Waals surface area contributed by atoms with Crippen molar-refractivity contribution >= 4 is 28.6 Å². The molecule has 0 bridgehead atoms. The quantitative estimate of drug-likeness (QED) is 0.436. The molecule has 0 aliphatic carbocycles. The second kappa shape index (κ2) is 8.84. The van der Waals surface area contributed by atoms with Crippen molar-refractivity contribution in [1.82, 2.24) is 19.9 Å². The maximum atomic E-state index is 14.0. The topological polar surface area (TPSA) is 104 Å². The van der Waals surface area contributed by atoms with Gasteiger partial charge in [0.15, 0.2) is 5.82 Å². The summed E-state index contributed by atoms with van der Waals surface area (Å²) in [4.78, 5) is 16.8. The molecule has 8 nitrogen and oxygen atoms in total. The van der Waals surface area contributed by atoms with Crippen LogP contribution >= 0.6 is 0 Å². The molecule has 1 atom stereocenters. The van der Waals surface area contributed by atoms with E-state index in [-0.39, 0.29) is 18.2 Å². The van der Waals surface area contributed by atoms with Gasteiger partial charge in [0.25, 0.3) is 5.91 Å². The van der Waals surface area contributed by atoms with Crippen molar-refractivity contribution in [1.29, 1.82) is 0 Å². The van der Waals surface area contributed by atoms with Crippen molar-refractivity contribution in [2.75, 3.05) is 17.2 Å². The Hall–Kier alpha value is -3.27. The van der Waals surface area contributed by atoms with Crippen LogP contribution in [0.5, 0.6) is 0 Å². The molecule has 4 N–H and O–H groups in total. The molecule has 3 rings (SSSR count). The van der Waals surface area contributed by atoms with Crippen molar-refractivity contribution in [3.63, 3.8) is 0 Å². The Balaban J connectivity index is 1.81. The van der Waals surface area contributed by atoms with Gasteiger partial charge in [0.05, 0.1) is 29.6 Å². The van der Waals surface area contributed by atoms with Crippen LogP contribution in [0.15, 0.2) is 36.8 Å². The molecule has 166 valence electrons. The molecule has 0 aromatic carbocycles. The summed E-state index contributed by atoms with van der Waals surface area (Å²) >= 11 is 0. The van der Waals surface area contributed by atoms with Gasteiger partial charge in [-0.15, -0.1) is 0 Å². The molecule has 0 aliphatic heterocycles. The highest BCUT2D eigenvalue weighted by molar-refractivity contribution is 5.99. The second-order valence-corrected chi connectivity index (χ2v) is 8.11. The normalized spacial score (nSPS) is 12.8. The Morgan fingerprint density at radius 1 is 1.29 bits per heavy atom. The molecule has 3 heterocycles. The van der Waals surface area contributed by atoms with Crippen molar-refractivity contribution in [3.8, 4) is 0 Å². The maximum absolute atomic E-state index is 14.0. The molecule has 0 radical (unpaired) electrons. The van der Waals surface area contributed by atoms with E-state index in [1.807, 2.05) is 13.8 Å². The van der Waals surface area contributed by atoms with E-state index in [0.717, 1.165) is 6.20 Å². The molecule has 0 saturated carbocycles. The van der Waals surface area contributed by atoms with E-state index in [4.69, 9.17) is 0 Å². The predicted octanol–water partition coefficient (Wildman–Crippen LogP) is 3.27. The summed E-state index contributed by atoms with van der Waals surface area (Å²) in [5, 5.41) is 22.3. The second-order valence-electron chi connectivity index (χ2n) is 8.11. The number of hydrogen-bond donors (Lipinski definition) is 4. The van der Waals surface area contributed by atoms with Gasteiger partial charge in [-0.3, -0.25) is 4.79 Å². The van der Waals surface area contributed by atoms with E-state index in [1.54, 1.807) is 24.4 Å². The van der Waals surface area contributed by atoms with Crippen LogP contribution in [0.3, 0.4) is 0 Å². The fourth-order valence-corrected chi connectivity index (χ4v) is 2.84. The van der Waals surface area contributed by atoms with Gasteiger partial charge < -0.3 is 21.1 Å². The third-order valence-corrected chi connectivity index (χ3v) is 4.55. The minimum Gasteiger partial charge on any atom is -0.387 e. The number of fused-ring (bicyclic) bond motifs is 1. The Bertz CT molecular complexity index is 1080. The lowest BCUT2D eigenvalue weighted by molar-refractivity contribution is -0.00177. The van der Waals surface area contributed by atoms with E-state index in [0.29, 0.717) is 22.7 Å². The minimum atomic E-state index is -1.62. The fraction of sp³-hybridized carbons (Fsp3) is 0.381. The highest BCUT2D eigenvalue weighted by atomic mass is 19.1. The Labute approximate surface area is 178 Å². The van der Waals surface area contributed by atoms with E-state index in [1.165, 1.54) is 24.6 Å². The first-order chi connectivity index (χ1) is 14.5. The van der Waals surface area contributed by atoms with E-state index in [2.05, 4.69) is 26.0 Å². The summed E-state index contributed by atoms with van der Waals surface area (Å²) in [5.74, 6) is -0.524. The standard InChI is InChI=1S/C21H26F2N6O2/c1-12(2)27-16-8-19(28-13-5-6-29-17(7-13)15(22)10-26-29)24-9-14(16)20(30)25-11-18(23)21(3,4)31/h5-10,12,18,31H,11H2,1-4H3,(H,25,30)(H2,24,27,28)/t18-/m1/s1. The van der Waals surface area contributed by atoms with Crippen LogP contribution in [0.4, 0.5) is 26.0 Å². The number of aromatic nitrogens is 3. The van der Waals surface area contributed by atoms with Gasteiger partial charge in [0.2, 0.25) is 0 Å². The number of carbonyl (C=O) groups excluding carboxylic acids is 1. The van der Waals surface area contributed by atoms with Crippen molar-refractivity contribution < 1.29 is 18.7 Å². The number of nitrogens with one attached hydrogen (secondary N) is 3. The number of pyridine rings is 2. The lowest BCUT2D eigenvalue weighted by Gasteiger charge is -2.23. The number of alkyl halides is 1. The van der Waals surface area contributed by atoms with Crippen LogP contribution in [0.2, 0.25) is 0 Å². The first-order valence-corrected chi connectivity index (χ1v) is 9.85. The van der Waals surface area contributed by atoms with Crippen LogP contribution in [0.1, 0.15) is 38.1 Å². The number of halogens is 2. The predicted molar refractivity (Wildman–Crippen MR) is 115 cm³/mol. The zero-order valence-corrected chi connectivity index (χ0v) is 17.8. The largest absolute Gasteiger partial charge is 0.387 e. The number of amides is 1. The summed E-state index contributed by atoms with van der Waals surface area (Å²) in [6.07, 6.45) is 2.50. The molecule has 1 amide bonds. The highest BCUT2D eigenvalue weighted by Gasteiger charge is 2.27. The smallest absolute Gasteiger partial charge is 0.255 e. The molecule has 0 saturated heterocycles. The zero-order valence-electron chi connectivity index (χ0n) is 17.8. The van der Waals surface area contributed by atoms with Crippen LogP contribution in [0, 0.1) is 5.82 Å². The van der Waals surface area contributed by atoms with Gasteiger partial charge in [0, 0.05) is 30.2 Å². The SMILES string of the molecule is CC(C)Nc1cc(Nc2ccn3ncc(F)c3c2)ncc1C(=O)NC[C@@H](F)C(C)(C)O. The average molecular weight is 432 g/mol. The Kier molecular flexibility index (Phi) is 6.40. The fourth-order valence-electron chi connectivity index (χ4n) is 2.84. The number of anilines is 3. The van der Waals surface area contributed by atoms with Gasteiger partial charge in [0.1, 0.15) is 17.5 Å². The van der Waals surface area contributed by atoms with Crippen molar-refractivity contribution in [2.24, 2.45) is 0 Å². The minimum absolute atomic E-state index is 0.0179. The number of carbonyl (C=O) groups is 1.